The minimum atomic E-state index is 0.157. The van der Waals surface area contributed by atoms with E-state index in [1.54, 1.807) is 0 Å². The van der Waals surface area contributed by atoms with Crippen LogP contribution >= 0.6 is 0 Å². The van der Waals surface area contributed by atoms with Gasteiger partial charge in [0, 0.05) is 37.6 Å². The molecule has 4 saturated heterocycles. The Bertz CT molecular complexity index is 804. The molecule has 4 atom stereocenters. The molecule has 8 nitrogen and oxygen atoms in total. The van der Waals surface area contributed by atoms with Crippen LogP contribution in [0.15, 0.2) is 48.5 Å². The largest absolute Gasteiger partial charge is 0.458 e. The molecule has 6 rings (SSSR count). The van der Waals surface area contributed by atoms with Gasteiger partial charge in [-0.2, -0.15) is 0 Å². The standard InChI is InChI=1S/C25H30N2O6/c1-5-20(6-2-18(1)26(9-22-13-28-22)10-23-14-29-23)32-17-33-21-7-3-19(4-8-21)27(11-24-15-30-24)12-25-16-31-25/h1-8,22-25H,9-17H2. The zero-order valence-electron chi connectivity index (χ0n) is 18.6. The maximum Gasteiger partial charge on any atom is 0.230 e. The molecule has 4 aliphatic heterocycles. The van der Waals surface area contributed by atoms with Gasteiger partial charge < -0.3 is 38.2 Å². The average Bonchev–Trinajstić information content (AvgIpc) is 3.66. The summed E-state index contributed by atoms with van der Waals surface area (Å²) in [6, 6.07) is 16.2. The minimum Gasteiger partial charge on any atom is -0.458 e. The summed E-state index contributed by atoms with van der Waals surface area (Å²) in [5.74, 6) is 1.56. The summed E-state index contributed by atoms with van der Waals surface area (Å²) in [6.45, 7) is 7.16. The van der Waals surface area contributed by atoms with Crippen LogP contribution in [-0.4, -0.2) is 83.8 Å². The van der Waals surface area contributed by atoms with Gasteiger partial charge in [0.05, 0.1) is 50.8 Å². The van der Waals surface area contributed by atoms with Crippen molar-refractivity contribution in [3.8, 4) is 11.5 Å². The van der Waals surface area contributed by atoms with Crippen LogP contribution in [0.2, 0.25) is 0 Å². The molecule has 4 unspecified atom stereocenters. The third-order valence-electron chi connectivity index (χ3n) is 6.16. The van der Waals surface area contributed by atoms with Crippen LogP contribution in [0.5, 0.6) is 11.5 Å². The van der Waals surface area contributed by atoms with E-state index < -0.39 is 0 Å². The van der Waals surface area contributed by atoms with Crippen LogP contribution in [0.4, 0.5) is 11.4 Å². The third-order valence-corrected chi connectivity index (χ3v) is 6.16. The highest BCUT2D eigenvalue weighted by Gasteiger charge is 2.32. The van der Waals surface area contributed by atoms with Gasteiger partial charge in [-0.3, -0.25) is 0 Å². The number of anilines is 2. The molecule has 8 heteroatoms. The second-order valence-corrected chi connectivity index (χ2v) is 9.03. The van der Waals surface area contributed by atoms with E-state index in [-0.39, 0.29) is 6.79 Å². The van der Waals surface area contributed by atoms with Gasteiger partial charge in [-0.05, 0) is 48.5 Å². The van der Waals surface area contributed by atoms with E-state index >= 15 is 0 Å². The fourth-order valence-electron chi connectivity index (χ4n) is 3.92. The molecule has 4 heterocycles. The summed E-state index contributed by atoms with van der Waals surface area (Å²) in [5.41, 5.74) is 2.31. The van der Waals surface area contributed by atoms with Crippen molar-refractivity contribution in [2.45, 2.75) is 24.4 Å². The zero-order chi connectivity index (χ0) is 22.0. The molecule has 2 aromatic rings. The third kappa shape index (κ3) is 6.29. The normalized spacial score (nSPS) is 26.4. The minimum absolute atomic E-state index is 0.157. The Morgan fingerprint density at radius 1 is 0.545 bits per heavy atom. The molecular formula is C25H30N2O6. The quantitative estimate of drug-likeness (QED) is 0.318. The Labute approximate surface area is 193 Å². The molecule has 0 aromatic heterocycles. The van der Waals surface area contributed by atoms with Gasteiger partial charge in [0.25, 0.3) is 0 Å². The molecule has 0 radical (unpaired) electrons. The summed E-state index contributed by atoms with van der Waals surface area (Å²) in [5, 5.41) is 0. The van der Waals surface area contributed by atoms with Crippen molar-refractivity contribution in [3.63, 3.8) is 0 Å². The van der Waals surface area contributed by atoms with E-state index in [0.29, 0.717) is 24.4 Å². The van der Waals surface area contributed by atoms with Gasteiger partial charge in [0.2, 0.25) is 6.79 Å². The van der Waals surface area contributed by atoms with E-state index in [9.17, 15) is 0 Å². The van der Waals surface area contributed by atoms with E-state index in [0.717, 1.165) is 75.5 Å². The molecule has 0 N–H and O–H groups in total. The molecule has 0 bridgehead atoms. The molecule has 0 aliphatic carbocycles. The maximum atomic E-state index is 5.80. The van der Waals surface area contributed by atoms with Crippen LogP contribution in [0.3, 0.4) is 0 Å². The summed E-state index contributed by atoms with van der Waals surface area (Å²) in [4.78, 5) is 4.65. The van der Waals surface area contributed by atoms with E-state index in [1.807, 2.05) is 24.3 Å². The molecule has 2 aromatic carbocycles. The van der Waals surface area contributed by atoms with Gasteiger partial charge in [0.15, 0.2) is 0 Å². The summed E-state index contributed by atoms with van der Waals surface area (Å²) < 4.78 is 33.2. The monoisotopic (exact) mass is 454 g/mol. The molecule has 33 heavy (non-hydrogen) atoms. The highest BCUT2D eigenvalue weighted by atomic mass is 16.7. The van der Waals surface area contributed by atoms with Crippen LogP contribution in [0.1, 0.15) is 0 Å². The van der Waals surface area contributed by atoms with E-state index in [4.69, 9.17) is 28.4 Å². The smallest absolute Gasteiger partial charge is 0.230 e. The fourth-order valence-corrected chi connectivity index (χ4v) is 3.92. The lowest BCUT2D eigenvalue weighted by Crippen LogP contribution is -2.31. The second-order valence-electron chi connectivity index (χ2n) is 9.03. The molecule has 0 saturated carbocycles. The molecule has 176 valence electrons. The van der Waals surface area contributed by atoms with Gasteiger partial charge in [-0.25, -0.2) is 0 Å². The average molecular weight is 455 g/mol. The Hall–Kier alpha value is -2.52. The van der Waals surface area contributed by atoms with E-state index in [1.165, 1.54) is 0 Å². The van der Waals surface area contributed by atoms with Gasteiger partial charge in [0.1, 0.15) is 11.5 Å². The van der Waals surface area contributed by atoms with Gasteiger partial charge >= 0.3 is 0 Å². The molecule has 0 amide bonds. The molecule has 4 aliphatic rings. The number of hydrogen-bond donors (Lipinski definition) is 0. The highest BCUT2D eigenvalue weighted by Crippen LogP contribution is 2.26. The predicted molar refractivity (Wildman–Crippen MR) is 122 cm³/mol. The summed E-state index contributed by atoms with van der Waals surface area (Å²) in [7, 11) is 0. The number of ether oxygens (including phenoxy) is 6. The first-order chi connectivity index (χ1) is 16.3. The first-order valence-electron chi connectivity index (χ1n) is 11.7. The number of hydrogen-bond acceptors (Lipinski definition) is 8. The molecule has 0 spiro atoms. The SMILES string of the molecule is c1cc(N(CC2CO2)CC2CO2)ccc1OCOc1ccc(N(CC2CO2)CC2CO2)cc1. The lowest BCUT2D eigenvalue weighted by Gasteiger charge is -2.23. The van der Waals surface area contributed by atoms with Crippen molar-refractivity contribution in [3.05, 3.63) is 48.5 Å². The molecule has 4 fully saturated rings. The Kier molecular flexibility index (Phi) is 5.98. The Morgan fingerprint density at radius 3 is 1.12 bits per heavy atom. The van der Waals surface area contributed by atoms with Crippen LogP contribution < -0.4 is 19.3 Å². The number of nitrogens with zero attached hydrogens (tertiary/aromatic N) is 2. The summed E-state index contributed by atoms with van der Waals surface area (Å²) in [6.07, 6.45) is 1.37. The lowest BCUT2D eigenvalue weighted by atomic mass is 10.2. The Morgan fingerprint density at radius 2 is 0.848 bits per heavy atom. The van der Waals surface area contributed by atoms with Crippen molar-refractivity contribution in [2.75, 3.05) is 69.2 Å². The molecular weight excluding hydrogens is 424 g/mol. The number of benzene rings is 2. The van der Waals surface area contributed by atoms with Crippen molar-refractivity contribution in [2.24, 2.45) is 0 Å². The van der Waals surface area contributed by atoms with Crippen LogP contribution in [0, 0.1) is 0 Å². The first kappa shape index (κ1) is 21.0. The maximum absolute atomic E-state index is 5.80. The predicted octanol–water partition coefficient (Wildman–Crippen LogP) is 2.31. The number of epoxide rings is 4. The van der Waals surface area contributed by atoms with Crippen molar-refractivity contribution >= 4 is 11.4 Å². The van der Waals surface area contributed by atoms with Crippen molar-refractivity contribution in [1.82, 2.24) is 0 Å². The van der Waals surface area contributed by atoms with E-state index in [2.05, 4.69) is 34.1 Å². The van der Waals surface area contributed by atoms with Crippen LogP contribution in [0.25, 0.3) is 0 Å². The van der Waals surface area contributed by atoms with Gasteiger partial charge in [-0.1, -0.05) is 0 Å². The van der Waals surface area contributed by atoms with Crippen molar-refractivity contribution in [1.29, 1.82) is 0 Å². The Balaban J connectivity index is 0.987. The lowest BCUT2D eigenvalue weighted by molar-refractivity contribution is 0.120. The summed E-state index contributed by atoms with van der Waals surface area (Å²) >= 11 is 0. The zero-order valence-corrected chi connectivity index (χ0v) is 18.6. The fraction of sp³-hybridized carbons (Fsp3) is 0.520. The first-order valence-corrected chi connectivity index (χ1v) is 11.7. The van der Waals surface area contributed by atoms with Crippen molar-refractivity contribution < 1.29 is 28.4 Å². The number of rotatable bonds is 14. The second kappa shape index (κ2) is 9.38. The topological polar surface area (TPSA) is 75.1 Å². The van der Waals surface area contributed by atoms with Gasteiger partial charge in [-0.15, -0.1) is 0 Å². The highest BCUT2D eigenvalue weighted by molar-refractivity contribution is 5.50. The van der Waals surface area contributed by atoms with Crippen LogP contribution in [-0.2, 0) is 18.9 Å².